The second-order valence-corrected chi connectivity index (χ2v) is 4.50. The number of hydrogen-bond donors (Lipinski definition) is 2. The third kappa shape index (κ3) is 4.17. The molecule has 0 aliphatic heterocycles. The molecule has 0 saturated heterocycles. The molecule has 110 valence electrons. The highest BCUT2D eigenvalue weighted by Gasteiger charge is 2.02. The van der Waals surface area contributed by atoms with Crippen LogP contribution in [0, 0.1) is 13.8 Å². The van der Waals surface area contributed by atoms with E-state index < -0.39 is 0 Å². The molecule has 0 radical (unpaired) electrons. The number of aryl methyl sites for hydroxylation is 2. The molecule has 2 aromatic rings. The lowest BCUT2D eigenvalue weighted by Crippen LogP contribution is -1.99. The number of ether oxygens (including phenoxy) is 1. The van der Waals surface area contributed by atoms with Gasteiger partial charge >= 0.3 is 0 Å². The van der Waals surface area contributed by atoms with Crippen molar-refractivity contribution in [3.8, 4) is 11.5 Å². The number of anilines is 1. The summed E-state index contributed by atoms with van der Waals surface area (Å²) >= 11 is 0. The summed E-state index contributed by atoms with van der Waals surface area (Å²) in [6, 6.07) is 6.98. The molecular formula is C15H18N4O2. The number of phenolic OH excluding ortho intramolecular Hbond substituents is 1. The molecule has 0 amide bonds. The molecular weight excluding hydrogens is 268 g/mol. The van der Waals surface area contributed by atoms with Crippen LogP contribution < -0.4 is 10.2 Å². The van der Waals surface area contributed by atoms with Crippen molar-refractivity contribution in [3.63, 3.8) is 0 Å². The van der Waals surface area contributed by atoms with E-state index in [1.165, 1.54) is 0 Å². The van der Waals surface area contributed by atoms with Gasteiger partial charge in [0.15, 0.2) is 11.5 Å². The summed E-state index contributed by atoms with van der Waals surface area (Å²) in [7, 11) is 0. The fourth-order valence-electron chi connectivity index (χ4n) is 1.83. The molecule has 6 heteroatoms. The molecule has 0 aliphatic carbocycles. The normalized spacial score (nSPS) is 10.8. The monoisotopic (exact) mass is 286 g/mol. The quantitative estimate of drug-likeness (QED) is 0.652. The first-order chi connectivity index (χ1) is 10.1. The molecule has 0 unspecified atom stereocenters. The lowest BCUT2D eigenvalue weighted by Gasteiger charge is -2.05. The van der Waals surface area contributed by atoms with Gasteiger partial charge in [0.25, 0.3) is 0 Å². The van der Waals surface area contributed by atoms with Gasteiger partial charge in [-0.25, -0.2) is 15.4 Å². The largest absolute Gasteiger partial charge is 0.504 e. The zero-order valence-electron chi connectivity index (χ0n) is 12.3. The first-order valence-electron chi connectivity index (χ1n) is 6.65. The van der Waals surface area contributed by atoms with Gasteiger partial charge in [-0.2, -0.15) is 5.10 Å². The van der Waals surface area contributed by atoms with E-state index in [1.54, 1.807) is 24.4 Å². The van der Waals surface area contributed by atoms with Crippen molar-refractivity contribution in [2.24, 2.45) is 5.10 Å². The molecule has 0 saturated carbocycles. The molecule has 2 N–H and O–H groups in total. The maximum atomic E-state index is 9.78. The summed E-state index contributed by atoms with van der Waals surface area (Å²) < 4.78 is 5.26. The van der Waals surface area contributed by atoms with E-state index in [4.69, 9.17) is 4.74 Å². The number of rotatable bonds is 5. The Morgan fingerprint density at radius 2 is 1.95 bits per heavy atom. The van der Waals surface area contributed by atoms with Crippen molar-refractivity contribution in [2.45, 2.75) is 20.8 Å². The molecule has 21 heavy (non-hydrogen) atoms. The Hall–Kier alpha value is -2.63. The number of benzene rings is 1. The number of aromatic hydroxyl groups is 1. The predicted molar refractivity (Wildman–Crippen MR) is 82.0 cm³/mol. The minimum Gasteiger partial charge on any atom is -0.504 e. The van der Waals surface area contributed by atoms with Gasteiger partial charge in [-0.1, -0.05) is 0 Å². The minimum atomic E-state index is 0.0865. The second kappa shape index (κ2) is 6.69. The Morgan fingerprint density at radius 3 is 2.57 bits per heavy atom. The van der Waals surface area contributed by atoms with Crippen LogP contribution in [0.3, 0.4) is 0 Å². The molecule has 0 atom stereocenters. The summed E-state index contributed by atoms with van der Waals surface area (Å²) in [5.74, 6) is 0.989. The van der Waals surface area contributed by atoms with Crippen LogP contribution in [0.2, 0.25) is 0 Å². The van der Waals surface area contributed by atoms with E-state index in [-0.39, 0.29) is 5.75 Å². The van der Waals surface area contributed by atoms with Gasteiger partial charge in [0, 0.05) is 11.4 Å². The highest BCUT2D eigenvalue weighted by Crippen LogP contribution is 2.26. The molecule has 0 bridgehead atoms. The molecule has 0 fully saturated rings. The number of phenols is 1. The van der Waals surface area contributed by atoms with Crippen LogP contribution in [0.25, 0.3) is 0 Å². The molecule has 0 spiro atoms. The van der Waals surface area contributed by atoms with Gasteiger partial charge in [-0.05, 0) is 50.6 Å². The van der Waals surface area contributed by atoms with Gasteiger partial charge in [0.05, 0.1) is 12.8 Å². The highest BCUT2D eigenvalue weighted by atomic mass is 16.5. The van der Waals surface area contributed by atoms with Crippen molar-refractivity contribution in [3.05, 3.63) is 41.2 Å². The fourth-order valence-corrected chi connectivity index (χ4v) is 1.83. The smallest absolute Gasteiger partial charge is 0.243 e. The summed E-state index contributed by atoms with van der Waals surface area (Å²) in [6.45, 7) is 6.16. The zero-order valence-corrected chi connectivity index (χ0v) is 12.3. The topological polar surface area (TPSA) is 79.6 Å². The number of hydrogen-bond acceptors (Lipinski definition) is 6. The van der Waals surface area contributed by atoms with E-state index in [1.807, 2.05) is 26.8 Å². The standard InChI is InChI=1S/C15H18N4O2/c1-4-21-14-6-5-12(8-13(14)20)9-16-19-15-17-10(2)7-11(3)18-15/h5-9,20H,4H2,1-3H3,(H,17,18,19)/b16-9+. The maximum absolute atomic E-state index is 9.78. The van der Waals surface area contributed by atoms with E-state index in [2.05, 4.69) is 20.5 Å². The van der Waals surface area contributed by atoms with Gasteiger partial charge < -0.3 is 9.84 Å². The number of nitrogens with zero attached hydrogens (tertiary/aromatic N) is 3. The number of hydrazone groups is 1. The minimum absolute atomic E-state index is 0.0865. The van der Waals surface area contributed by atoms with Crippen LogP contribution >= 0.6 is 0 Å². The fraction of sp³-hybridized carbons (Fsp3) is 0.267. The Balaban J connectivity index is 2.05. The first-order valence-corrected chi connectivity index (χ1v) is 6.65. The Morgan fingerprint density at radius 1 is 1.24 bits per heavy atom. The summed E-state index contributed by atoms with van der Waals surface area (Å²) in [5, 5.41) is 13.8. The molecule has 0 aliphatic rings. The molecule has 1 aromatic heterocycles. The third-order valence-corrected chi connectivity index (χ3v) is 2.64. The van der Waals surface area contributed by atoms with Crippen molar-refractivity contribution in [1.29, 1.82) is 0 Å². The van der Waals surface area contributed by atoms with E-state index in [0.717, 1.165) is 17.0 Å². The Bertz CT molecular complexity index is 636. The maximum Gasteiger partial charge on any atom is 0.243 e. The van der Waals surface area contributed by atoms with Crippen LogP contribution in [-0.4, -0.2) is 27.9 Å². The molecule has 1 aromatic carbocycles. The molecule has 6 nitrogen and oxygen atoms in total. The SMILES string of the molecule is CCOc1ccc(/C=N/Nc2nc(C)cc(C)n2)cc1O. The van der Waals surface area contributed by atoms with Crippen molar-refractivity contribution < 1.29 is 9.84 Å². The lowest BCUT2D eigenvalue weighted by atomic mass is 10.2. The Kier molecular flexibility index (Phi) is 4.71. The number of aromatic nitrogens is 2. The molecule has 1 heterocycles. The van der Waals surface area contributed by atoms with Crippen molar-refractivity contribution >= 4 is 12.2 Å². The van der Waals surface area contributed by atoms with E-state index in [9.17, 15) is 5.11 Å². The van der Waals surface area contributed by atoms with Crippen LogP contribution in [0.5, 0.6) is 11.5 Å². The van der Waals surface area contributed by atoms with Crippen molar-refractivity contribution in [2.75, 3.05) is 12.0 Å². The number of nitrogens with one attached hydrogen (secondary N) is 1. The van der Waals surface area contributed by atoms with Gasteiger partial charge in [-0.15, -0.1) is 0 Å². The molecule has 2 rings (SSSR count). The van der Waals surface area contributed by atoms with Crippen molar-refractivity contribution in [1.82, 2.24) is 9.97 Å². The van der Waals surface area contributed by atoms with E-state index >= 15 is 0 Å². The van der Waals surface area contributed by atoms with Crippen LogP contribution in [0.4, 0.5) is 5.95 Å². The van der Waals surface area contributed by atoms with Gasteiger partial charge in [0.1, 0.15) is 0 Å². The predicted octanol–water partition coefficient (Wildman–Crippen LogP) is 2.64. The summed E-state index contributed by atoms with van der Waals surface area (Å²) in [6.07, 6.45) is 1.58. The van der Waals surface area contributed by atoms with E-state index in [0.29, 0.717) is 18.3 Å². The van der Waals surface area contributed by atoms with Crippen LogP contribution in [0.1, 0.15) is 23.9 Å². The van der Waals surface area contributed by atoms with Gasteiger partial charge in [-0.3, -0.25) is 0 Å². The van der Waals surface area contributed by atoms with Crippen LogP contribution in [0.15, 0.2) is 29.4 Å². The average Bonchev–Trinajstić information content (AvgIpc) is 2.41. The lowest BCUT2D eigenvalue weighted by molar-refractivity contribution is 0.318. The second-order valence-electron chi connectivity index (χ2n) is 4.50. The average molecular weight is 286 g/mol. The zero-order chi connectivity index (χ0) is 15.2. The highest BCUT2D eigenvalue weighted by molar-refractivity contribution is 5.81. The van der Waals surface area contributed by atoms with Gasteiger partial charge in [0.2, 0.25) is 5.95 Å². The third-order valence-electron chi connectivity index (χ3n) is 2.64. The van der Waals surface area contributed by atoms with Crippen LogP contribution in [-0.2, 0) is 0 Å². The Labute approximate surface area is 123 Å². The summed E-state index contributed by atoms with van der Waals surface area (Å²) in [5.41, 5.74) is 5.26. The first kappa shape index (κ1) is 14.8. The summed E-state index contributed by atoms with van der Waals surface area (Å²) in [4.78, 5) is 8.43.